The number of carbonyl (C=O) groups excluding carboxylic acids is 2. The van der Waals surface area contributed by atoms with Gasteiger partial charge >= 0.3 is 6.18 Å². The van der Waals surface area contributed by atoms with E-state index in [4.69, 9.17) is 0 Å². The van der Waals surface area contributed by atoms with Gasteiger partial charge < -0.3 is 10.1 Å². The number of benzene rings is 1. The summed E-state index contributed by atoms with van der Waals surface area (Å²) in [5.74, 6) is -0.662. The lowest BCUT2D eigenvalue weighted by Gasteiger charge is -2.25. The summed E-state index contributed by atoms with van der Waals surface area (Å²) in [5.41, 5.74) is 0.290. The van der Waals surface area contributed by atoms with Crippen molar-refractivity contribution < 1.29 is 22.8 Å². The van der Waals surface area contributed by atoms with Gasteiger partial charge in [-0.25, -0.2) is 4.98 Å². The van der Waals surface area contributed by atoms with Gasteiger partial charge in [-0.05, 0) is 50.3 Å². The minimum absolute atomic E-state index is 0.115. The highest BCUT2D eigenvalue weighted by atomic mass is 19.4. The fourth-order valence-electron chi connectivity index (χ4n) is 3.82. The Labute approximate surface area is 175 Å². The first-order chi connectivity index (χ1) is 14.7. The number of amides is 1. The van der Waals surface area contributed by atoms with Crippen molar-refractivity contribution in [2.75, 3.05) is 5.32 Å². The normalized spacial score (nSPS) is 19.4. The van der Waals surface area contributed by atoms with Gasteiger partial charge in [0.2, 0.25) is 0 Å². The first kappa shape index (κ1) is 21.0. The predicted molar refractivity (Wildman–Crippen MR) is 107 cm³/mol. The Bertz CT molecular complexity index is 1130. The second-order valence-corrected chi connectivity index (χ2v) is 7.78. The molecule has 31 heavy (non-hydrogen) atoms. The van der Waals surface area contributed by atoms with E-state index in [9.17, 15) is 22.8 Å². The Morgan fingerprint density at radius 1 is 1.19 bits per heavy atom. The lowest BCUT2D eigenvalue weighted by molar-refractivity contribution is -0.141. The third-order valence-corrected chi connectivity index (χ3v) is 5.58. The van der Waals surface area contributed by atoms with Crippen LogP contribution in [0.25, 0.3) is 10.9 Å². The lowest BCUT2D eigenvalue weighted by Crippen LogP contribution is -2.19. The number of nitrogens with one attached hydrogen (secondary N) is 1. The maximum absolute atomic E-state index is 12.8. The van der Waals surface area contributed by atoms with Crippen molar-refractivity contribution in [3.63, 3.8) is 0 Å². The molecule has 0 aliphatic heterocycles. The molecule has 3 aromatic rings. The zero-order valence-corrected chi connectivity index (χ0v) is 16.7. The van der Waals surface area contributed by atoms with Gasteiger partial charge in [-0.15, -0.1) is 0 Å². The minimum atomic E-state index is -4.68. The summed E-state index contributed by atoms with van der Waals surface area (Å²) in [6.45, 7) is 1.78. The topological polar surface area (TPSA) is 89.8 Å². The molecule has 0 atom stereocenters. The molecule has 162 valence electrons. The Kier molecular flexibility index (Phi) is 5.47. The Hall–Kier alpha value is -3.30. The molecule has 0 saturated heterocycles. The van der Waals surface area contributed by atoms with E-state index in [1.165, 1.54) is 0 Å². The third kappa shape index (κ3) is 4.42. The highest BCUT2D eigenvalue weighted by Crippen LogP contribution is 2.33. The molecule has 1 N–H and O–H groups in total. The molecule has 0 radical (unpaired) electrons. The monoisotopic (exact) mass is 431 g/mol. The number of hydrogen-bond acceptors (Lipinski definition) is 5. The molecule has 4 rings (SSSR count). The summed E-state index contributed by atoms with van der Waals surface area (Å²) >= 11 is 0. The maximum atomic E-state index is 12.8. The fraction of sp³-hybridized carbons (Fsp3) is 0.381. The number of aromatic nitrogens is 4. The Balaban J connectivity index is 1.55. The molecule has 1 aliphatic rings. The summed E-state index contributed by atoms with van der Waals surface area (Å²) in [7, 11) is 0. The molecule has 0 bridgehead atoms. The molecule has 10 heteroatoms. The molecule has 1 saturated carbocycles. The summed E-state index contributed by atoms with van der Waals surface area (Å²) in [4.78, 5) is 30.3. The second kappa shape index (κ2) is 8.09. The smallest absolute Gasteiger partial charge is 0.320 e. The van der Waals surface area contributed by atoms with Crippen LogP contribution in [0, 0.1) is 12.8 Å². The standard InChI is InChI=1S/C21H20F3N5O2/c1-12-6-17-14(10-29(28-17)15-4-2-13(11-30)3-5-15)7-16(12)27-20(31)18-8-25-9-19(26-18)21(22,23)24/h6-11,13,15H,2-5H2,1H3,(H,27,31)/t13-,15-. The van der Waals surface area contributed by atoms with Gasteiger partial charge in [0.05, 0.1) is 24.0 Å². The predicted octanol–water partition coefficient (Wildman–Crippen LogP) is 4.34. The molecule has 7 nitrogen and oxygen atoms in total. The van der Waals surface area contributed by atoms with Crippen LogP contribution in [-0.2, 0) is 11.0 Å². The zero-order valence-electron chi connectivity index (χ0n) is 16.7. The van der Waals surface area contributed by atoms with Crippen LogP contribution in [0.4, 0.5) is 18.9 Å². The Morgan fingerprint density at radius 2 is 1.94 bits per heavy atom. The summed E-state index contributed by atoms with van der Waals surface area (Å²) < 4.78 is 40.4. The molecule has 2 aromatic heterocycles. The zero-order chi connectivity index (χ0) is 22.2. The molecular formula is C21H20F3N5O2. The van der Waals surface area contributed by atoms with Crippen LogP contribution in [0.2, 0.25) is 0 Å². The number of fused-ring (bicyclic) bond motifs is 1. The third-order valence-electron chi connectivity index (χ3n) is 5.58. The van der Waals surface area contributed by atoms with Gasteiger partial charge in [-0.2, -0.15) is 18.3 Å². The number of rotatable bonds is 4. The van der Waals surface area contributed by atoms with Gasteiger partial charge in [0, 0.05) is 23.2 Å². The van der Waals surface area contributed by atoms with Crippen molar-refractivity contribution in [1.82, 2.24) is 19.7 Å². The Morgan fingerprint density at radius 3 is 2.61 bits per heavy atom. The van der Waals surface area contributed by atoms with Crippen molar-refractivity contribution >= 4 is 28.8 Å². The first-order valence-corrected chi connectivity index (χ1v) is 9.90. The quantitative estimate of drug-likeness (QED) is 0.621. The summed E-state index contributed by atoms with van der Waals surface area (Å²) in [5, 5.41) is 8.05. The van der Waals surface area contributed by atoms with E-state index in [0.717, 1.165) is 54.6 Å². The first-order valence-electron chi connectivity index (χ1n) is 9.90. The number of halogens is 3. The van der Waals surface area contributed by atoms with Gasteiger partial charge in [-0.1, -0.05) is 0 Å². The number of anilines is 1. The van der Waals surface area contributed by atoms with Gasteiger partial charge in [-0.3, -0.25) is 14.5 Å². The van der Waals surface area contributed by atoms with E-state index < -0.39 is 23.5 Å². The summed E-state index contributed by atoms with van der Waals surface area (Å²) in [6, 6.07) is 3.77. The van der Waals surface area contributed by atoms with Crippen LogP contribution in [0.5, 0.6) is 0 Å². The molecule has 1 amide bonds. The van der Waals surface area contributed by atoms with Crippen LogP contribution < -0.4 is 5.32 Å². The average molecular weight is 431 g/mol. The second-order valence-electron chi connectivity index (χ2n) is 7.78. The van der Waals surface area contributed by atoms with Crippen molar-refractivity contribution in [2.24, 2.45) is 5.92 Å². The minimum Gasteiger partial charge on any atom is -0.320 e. The SMILES string of the molecule is Cc1cc2nn([C@H]3CC[C@H](C=O)CC3)cc2cc1NC(=O)c1cncc(C(F)(F)F)n1. The van der Waals surface area contributed by atoms with Gasteiger partial charge in [0.15, 0.2) is 5.69 Å². The van der Waals surface area contributed by atoms with E-state index in [2.05, 4.69) is 20.4 Å². The lowest BCUT2D eigenvalue weighted by atomic mass is 9.87. The molecule has 1 fully saturated rings. The van der Waals surface area contributed by atoms with Crippen LogP contribution in [0.3, 0.4) is 0 Å². The number of hydrogen-bond donors (Lipinski definition) is 1. The molecule has 0 unspecified atom stereocenters. The number of carbonyl (C=O) groups is 2. The van der Waals surface area contributed by atoms with E-state index in [1.807, 2.05) is 16.9 Å². The van der Waals surface area contributed by atoms with E-state index in [0.29, 0.717) is 11.9 Å². The molecule has 2 heterocycles. The number of alkyl halides is 3. The van der Waals surface area contributed by atoms with Crippen LogP contribution >= 0.6 is 0 Å². The van der Waals surface area contributed by atoms with Crippen LogP contribution in [0.15, 0.2) is 30.7 Å². The van der Waals surface area contributed by atoms with Crippen molar-refractivity contribution in [2.45, 2.75) is 44.8 Å². The summed E-state index contributed by atoms with van der Waals surface area (Å²) in [6.07, 6.45) is 3.20. The number of aldehydes is 1. The molecular weight excluding hydrogens is 411 g/mol. The van der Waals surface area contributed by atoms with Crippen LogP contribution in [0.1, 0.15) is 53.5 Å². The van der Waals surface area contributed by atoms with Gasteiger partial charge in [0.1, 0.15) is 12.0 Å². The van der Waals surface area contributed by atoms with Crippen molar-refractivity contribution in [3.8, 4) is 0 Å². The fourth-order valence-corrected chi connectivity index (χ4v) is 3.82. The number of aryl methyl sites for hydroxylation is 1. The molecule has 1 aromatic carbocycles. The van der Waals surface area contributed by atoms with Gasteiger partial charge in [0.25, 0.3) is 5.91 Å². The average Bonchev–Trinajstić information content (AvgIpc) is 3.16. The molecule has 1 aliphatic carbocycles. The largest absolute Gasteiger partial charge is 0.434 e. The van der Waals surface area contributed by atoms with E-state index in [-0.39, 0.29) is 12.0 Å². The molecule has 0 spiro atoms. The van der Waals surface area contributed by atoms with E-state index >= 15 is 0 Å². The number of nitrogens with zero attached hydrogens (tertiary/aromatic N) is 4. The van der Waals surface area contributed by atoms with E-state index in [1.54, 1.807) is 13.0 Å². The van der Waals surface area contributed by atoms with Crippen molar-refractivity contribution in [1.29, 1.82) is 0 Å². The highest BCUT2D eigenvalue weighted by Gasteiger charge is 2.33. The van der Waals surface area contributed by atoms with Crippen LogP contribution in [-0.4, -0.2) is 31.9 Å². The maximum Gasteiger partial charge on any atom is 0.434 e. The highest BCUT2D eigenvalue weighted by molar-refractivity contribution is 6.04. The van der Waals surface area contributed by atoms with Crippen molar-refractivity contribution in [3.05, 3.63) is 47.7 Å².